The van der Waals surface area contributed by atoms with Crippen LogP contribution in [-0.2, 0) is 19.5 Å². The molecule has 3 heteroatoms. The second-order valence-electron chi connectivity index (χ2n) is 3.46. The van der Waals surface area contributed by atoms with Crippen molar-refractivity contribution < 1.29 is 19.5 Å². The van der Waals surface area contributed by atoms with Crippen LogP contribution in [0.3, 0.4) is 0 Å². The van der Waals surface area contributed by atoms with Crippen molar-refractivity contribution >= 4 is 0 Å². The van der Waals surface area contributed by atoms with E-state index in [0.717, 1.165) is 26.2 Å². The maximum absolute atomic E-state index is 4.18. The minimum absolute atomic E-state index is 0. The van der Waals surface area contributed by atoms with Gasteiger partial charge in [-0.2, -0.15) is 0 Å². The van der Waals surface area contributed by atoms with Crippen molar-refractivity contribution in [2.24, 2.45) is 0 Å². The van der Waals surface area contributed by atoms with Gasteiger partial charge in [-0.15, -0.1) is 26.2 Å². The van der Waals surface area contributed by atoms with Gasteiger partial charge in [0.05, 0.1) is 0 Å². The van der Waals surface area contributed by atoms with E-state index in [1.54, 1.807) is 0 Å². The van der Waals surface area contributed by atoms with E-state index in [1.807, 2.05) is 0 Å². The summed E-state index contributed by atoms with van der Waals surface area (Å²) in [6.07, 6.45) is 8.15. The summed E-state index contributed by atoms with van der Waals surface area (Å²) >= 11 is 0. The molecule has 2 aliphatic heterocycles. The predicted molar refractivity (Wildman–Crippen MR) is 53.9 cm³/mol. The zero-order valence-electron chi connectivity index (χ0n) is 8.67. The summed E-state index contributed by atoms with van der Waals surface area (Å²) in [6.45, 7) is 4.50. The molecule has 2 saturated heterocycles. The Balaban J connectivity index is 0.000000206. The van der Waals surface area contributed by atoms with E-state index in [2.05, 4.69) is 10.6 Å². The molecule has 13 heavy (non-hydrogen) atoms. The Morgan fingerprint density at radius 2 is 0.769 bits per heavy atom. The SMILES string of the molecule is C1CC[N-]CC1.C1CC[N-]CC1.[Zn+2]. The number of hydrogen-bond acceptors (Lipinski definition) is 0. The molecule has 0 aromatic rings. The average molecular weight is 234 g/mol. The second-order valence-corrected chi connectivity index (χ2v) is 3.46. The number of rotatable bonds is 0. The molecule has 0 spiro atoms. The molecule has 2 rings (SSSR count). The molecule has 0 aromatic carbocycles. The molecule has 2 heterocycles. The second kappa shape index (κ2) is 10.6. The summed E-state index contributed by atoms with van der Waals surface area (Å²) in [5, 5.41) is 8.35. The van der Waals surface area contributed by atoms with Gasteiger partial charge in [-0.3, -0.25) is 0 Å². The number of hydrogen-bond donors (Lipinski definition) is 0. The van der Waals surface area contributed by atoms with E-state index in [9.17, 15) is 0 Å². The van der Waals surface area contributed by atoms with E-state index >= 15 is 0 Å². The standard InChI is InChI=1S/2C5H10N.Zn/c2*1-2-4-6-5-3-1;/h2*1-5H2;/q2*-1;+2. The summed E-state index contributed by atoms with van der Waals surface area (Å²) in [4.78, 5) is 0. The first-order valence-corrected chi connectivity index (χ1v) is 5.26. The first-order chi connectivity index (χ1) is 6.00. The predicted octanol–water partition coefficient (Wildman–Crippen LogP) is 3.09. The van der Waals surface area contributed by atoms with E-state index in [4.69, 9.17) is 0 Å². The summed E-state index contributed by atoms with van der Waals surface area (Å²) in [5.41, 5.74) is 0. The van der Waals surface area contributed by atoms with Gasteiger partial charge < -0.3 is 10.6 Å². The molecule has 72 valence electrons. The van der Waals surface area contributed by atoms with Gasteiger partial charge >= 0.3 is 19.5 Å². The Kier molecular flexibility index (Phi) is 11.1. The Morgan fingerprint density at radius 3 is 0.846 bits per heavy atom. The molecule has 0 aliphatic carbocycles. The minimum Gasteiger partial charge on any atom is -0.662 e. The molecule has 0 aromatic heterocycles. The maximum Gasteiger partial charge on any atom is 2.00 e. The summed E-state index contributed by atoms with van der Waals surface area (Å²) in [6, 6.07) is 0. The molecule has 0 bridgehead atoms. The minimum atomic E-state index is 0. The number of piperidine rings is 2. The van der Waals surface area contributed by atoms with Crippen molar-refractivity contribution in [3.8, 4) is 0 Å². The first kappa shape index (κ1) is 13.5. The number of nitrogens with zero attached hydrogens (tertiary/aromatic N) is 2. The zero-order chi connectivity index (χ0) is 8.49. The molecule has 0 atom stereocenters. The van der Waals surface area contributed by atoms with Gasteiger partial charge in [0.15, 0.2) is 0 Å². The van der Waals surface area contributed by atoms with Crippen LogP contribution in [0.15, 0.2) is 0 Å². The third-order valence-corrected chi connectivity index (χ3v) is 2.26. The van der Waals surface area contributed by atoms with Crippen LogP contribution in [0.25, 0.3) is 10.6 Å². The molecule has 2 fully saturated rings. The molecule has 0 unspecified atom stereocenters. The van der Waals surface area contributed by atoms with Gasteiger partial charge in [-0.1, -0.05) is 38.5 Å². The Labute approximate surface area is 95.0 Å². The van der Waals surface area contributed by atoms with Crippen molar-refractivity contribution in [3.63, 3.8) is 0 Å². The Hall–Kier alpha value is 0.543. The maximum atomic E-state index is 4.18. The van der Waals surface area contributed by atoms with Gasteiger partial charge in [0, 0.05) is 0 Å². The summed E-state index contributed by atoms with van der Waals surface area (Å²) in [5.74, 6) is 0. The van der Waals surface area contributed by atoms with Crippen LogP contribution in [0.2, 0.25) is 0 Å². The smallest absolute Gasteiger partial charge is 0.662 e. The van der Waals surface area contributed by atoms with Crippen molar-refractivity contribution in [1.29, 1.82) is 0 Å². The van der Waals surface area contributed by atoms with Gasteiger partial charge in [0.25, 0.3) is 0 Å². The van der Waals surface area contributed by atoms with Crippen molar-refractivity contribution in [1.82, 2.24) is 0 Å². The van der Waals surface area contributed by atoms with Gasteiger partial charge in [0.2, 0.25) is 0 Å². The Bertz CT molecular complexity index is 55.9. The first-order valence-electron chi connectivity index (χ1n) is 5.26. The monoisotopic (exact) mass is 232 g/mol. The van der Waals surface area contributed by atoms with Gasteiger partial charge in [0.1, 0.15) is 0 Å². The molecule has 2 nitrogen and oxygen atoms in total. The quantitative estimate of drug-likeness (QED) is 0.576. The van der Waals surface area contributed by atoms with E-state index in [0.29, 0.717) is 0 Å². The molecule has 0 amide bonds. The van der Waals surface area contributed by atoms with E-state index in [-0.39, 0.29) is 19.5 Å². The third-order valence-electron chi connectivity index (χ3n) is 2.26. The topological polar surface area (TPSA) is 28.2 Å². The van der Waals surface area contributed by atoms with Crippen LogP contribution in [0.1, 0.15) is 38.5 Å². The van der Waals surface area contributed by atoms with Crippen LogP contribution in [-0.4, -0.2) is 26.2 Å². The van der Waals surface area contributed by atoms with Gasteiger partial charge in [-0.05, 0) is 0 Å². The molecule has 0 radical (unpaired) electrons. The molecule has 0 saturated carbocycles. The van der Waals surface area contributed by atoms with Crippen molar-refractivity contribution in [2.45, 2.75) is 38.5 Å². The van der Waals surface area contributed by atoms with Crippen LogP contribution < -0.4 is 0 Å². The van der Waals surface area contributed by atoms with Crippen LogP contribution >= 0.6 is 0 Å². The fourth-order valence-corrected chi connectivity index (χ4v) is 1.47. The molecule has 2 aliphatic rings. The normalized spacial score (nSPS) is 22.2. The fourth-order valence-electron chi connectivity index (χ4n) is 1.47. The van der Waals surface area contributed by atoms with Crippen molar-refractivity contribution in [3.05, 3.63) is 10.6 Å². The molecular weight excluding hydrogens is 214 g/mol. The van der Waals surface area contributed by atoms with Crippen LogP contribution in [0.5, 0.6) is 0 Å². The van der Waals surface area contributed by atoms with E-state index in [1.165, 1.54) is 38.5 Å². The van der Waals surface area contributed by atoms with E-state index < -0.39 is 0 Å². The average Bonchev–Trinajstić information content (AvgIpc) is 2.24. The van der Waals surface area contributed by atoms with Crippen LogP contribution in [0, 0.1) is 0 Å². The fraction of sp³-hybridized carbons (Fsp3) is 1.00. The van der Waals surface area contributed by atoms with Crippen LogP contribution in [0.4, 0.5) is 0 Å². The third kappa shape index (κ3) is 8.86. The summed E-state index contributed by atoms with van der Waals surface area (Å²) < 4.78 is 0. The molecular formula is C10H20N2Zn. The Morgan fingerprint density at radius 1 is 0.462 bits per heavy atom. The van der Waals surface area contributed by atoms with Crippen molar-refractivity contribution in [2.75, 3.05) is 26.2 Å². The molecule has 0 N–H and O–H groups in total. The van der Waals surface area contributed by atoms with Gasteiger partial charge in [-0.25, -0.2) is 0 Å². The summed E-state index contributed by atoms with van der Waals surface area (Å²) in [7, 11) is 0. The largest absolute Gasteiger partial charge is 2.00 e. The zero-order valence-corrected chi connectivity index (χ0v) is 11.6.